The summed E-state index contributed by atoms with van der Waals surface area (Å²) < 4.78 is 0. The van der Waals surface area contributed by atoms with Crippen LogP contribution in [0.3, 0.4) is 0 Å². The lowest BCUT2D eigenvalue weighted by Gasteiger charge is -1.96. The van der Waals surface area contributed by atoms with Gasteiger partial charge in [0.2, 0.25) is 0 Å². The SMILES string of the molecule is C/C(C=NC(C)C)=C\c1ccccc1. The van der Waals surface area contributed by atoms with Crippen LogP contribution in [0.4, 0.5) is 0 Å². The van der Waals surface area contributed by atoms with Crippen LogP contribution in [0.25, 0.3) is 6.08 Å². The molecule has 0 aliphatic heterocycles. The van der Waals surface area contributed by atoms with Crippen molar-refractivity contribution in [2.75, 3.05) is 0 Å². The minimum Gasteiger partial charge on any atom is -0.290 e. The van der Waals surface area contributed by atoms with E-state index in [1.54, 1.807) is 0 Å². The molecule has 0 heterocycles. The Morgan fingerprint density at radius 1 is 1.21 bits per heavy atom. The molecular weight excluding hydrogens is 170 g/mol. The summed E-state index contributed by atoms with van der Waals surface area (Å²) in [4.78, 5) is 4.33. The number of allylic oxidation sites excluding steroid dienone is 1. The van der Waals surface area contributed by atoms with Crippen LogP contribution in [-0.2, 0) is 0 Å². The van der Waals surface area contributed by atoms with Crippen LogP contribution in [0, 0.1) is 0 Å². The lowest BCUT2D eigenvalue weighted by molar-refractivity contribution is 0.841. The lowest BCUT2D eigenvalue weighted by atomic mass is 10.1. The maximum atomic E-state index is 4.33. The number of nitrogens with zero attached hydrogens (tertiary/aromatic N) is 1. The molecule has 0 spiro atoms. The number of benzene rings is 1. The minimum absolute atomic E-state index is 0.370. The summed E-state index contributed by atoms with van der Waals surface area (Å²) in [6.45, 7) is 6.22. The molecule has 1 aromatic carbocycles. The van der Waals surface area contributed by atoms with Crippen LogP contribution in [-0.4, -0.2) is 12.3 Å². The van der Waals surface area contributed by atoms with E-state index < -0.39 is 0 Å². The molecule has 0 N–H and O–H groups in total. The molecule has 0 atom stereocenters. The third-order valence-corrected chi connectivity index (χ3v) is 1.77. The summed E-state index contributed by atoms with van der Waals surface area (Å²) >= 11 is 0. The molecule has 14 heavy (non-hydrogen) atoms. The Morgan fingerprint density at radius 2 is 1.86 bits per heavy atom. The Morgan fingerprint density at radius 3 is 2.43 bits per heavy atom. The molecule has 0 radical (unpaired) electrons. The monoisotopic (exact) mass is 187 g/mol. The van der Waals surface area contributed by atoms with Crippen molar-refractivity contribution in [3.63, 3.8) is 0 Å². The molecule has 74 valence electrons. The Kier molecular flexibility index (Phi) is 4.11. The zero-order chi connectivity index (χ0) is 10.4. The molecule has 0 aliphatic rings. The van der Waals surface area contributed by atoms with E-state index >= 15 is 0 Å². The second-order valence-corrected chi connectivity index (χ2v) is 3.67. The third-order valence-electron chi connectivity index (χ3n) is 1.77. The van der Waals surface area contributed by atoms with Crippen molar-refractivity contribution in [3.8, 4) is 0 Å². The van der Waals surface area contributed by atoms with Gasteiger partial charge < -0.3 is 0 Å². The number of aliphatic imine (C=N–C) groups is 1. The molecule has 0 amide bonds. The summed E-state index contributed by atoms with van der Waals surface area (Å²) in [5, 5.41) is 0. The summed E-state index contributed by atoms with van der Waals surface area (Å²) in [5.74, 6) is 0. The summed E-state index contributed by atoms with van der Waals surface area (Å²) in [5.41, 5.74) is 2.41. The van der Waals surface area contributed by atoms with Gasteiger partial charge in [-0.1, -0.05) is 36.4 Å². The third kappa shape index (κ3) is 4.04. The molecule has 0 aliphatic carbocycles. The van der Waals surface area contributed by atoms with Crippen molar-refractivity contribution in [1.82, 2.24) is 0 Å². The van der Waals surface area contributed by atoms with Gasteiger partial charge in [-0.3, -0.25) is 4.99 Å². The molecule has 1 rings (SSSR count). The fourth-order valence-corrected chi connectivity index (χ4v) is 1.12. The second-order valence-electron chi connectivity index (χ2n) is 3.67. The molecular formula is C13H17N. The van der Waals surface area contributed by atoms with Gasteiger partial charge in [0, 0.05) is 12.3 Å². The molecule has 0 saturated heterocycles. The molecule has 0 aromatic heterocycles. The standard InChI is InChI=1S/C13H17N/c1-11(2)14-10-12(3)9-13-7-5-4-6-8-13/h4-11H,1-3H3/b12-9+,14-10?. The smallest absolute Gasteiger partial charge is 0.0443 e. The molecule has 1 heteroatoms. The molecule has 0 unspecified atom stereocenters. The Bertz CT molecular complexity index is 320. The fourth-order valence-electron chi connectivity index (χ4n) is 1.12. The van der Waals surface area contributed by atoms with Gasteiger partial charge >= 0.3 is 0 Å². The Hall–Kier alpha value is -1.37. The Balaban J connectivity index is 2.70. The first-order chi connectivity index (χ1) is 6.68. The summed E-state index contributed by atoms with van der Waals surface area (Å²) in [6.07, 6.45) is 4.06. The van der Waals surface area contributed by atoms with E-state index in [-0.39, 0.29) is 0 Å². The molecule has 1 aromatic rings. The average molecular weight is 187 g/mol. The number of rotatable bonds is 3. The number of hydrogen-bond donors (Lipinski definition) is 0. The van der Waals surface area contributed by atoms with Crippen molar-refractivity contribution >= 4 is 12.3 Å². The second kappa shape index (κ2) is 5.38. The highest BCUT2D eigenvalue weighted by Crippen LogP contribution is 2.04. The van der Waals surface area contributed by atoms with Crippen molar-refractivity contribution in [3.05, 3.63) is 41.5 Å². The van der Waals surface area contributed by atoms with E-state index in [1.807, 2.05) is 24.4 Å². The first-order valence-electron chi connectivity index (χ1n) is 4.95. The van der Waals surface area contributed by atoms with E-state index in [2.05, 4.69) is 44.0 Å². The highest BCUT2D eigenvalue weighted by atomic mass is 14.7. The highest BCUT2D eigenvalue weighted by molar-refractivity contribution is 5.84. The maximum absolute atomic E-state index is 4.33. The van der Waals surface area contributed by atoms with Crippen molar-refractivity contribution < 1.29 is 0 Å². The van der Waals surface area contributed by atoms with Crippen LogP contribution in [0.1, 0.15) is 26.3 Å². The summed E-state index contributed by atoms with van der Waals surface area (Å²) in [6, 6.07) is 10.7. The zero-order valence-corrected chi connectivity index (χ0v) is 9.07. The summed E-state index contributed by atoms with van der Waals surface area (Å²) in [7, 11) is 0. The van der Waals surface area contributed by atoms with E-state index in [9.17, 15) is 0 Å². The average Bonchev–Trinajstić information content (AvgIpc) is 2.16. The van der Waals surface area contributed by atoms with E-state index in [1.165, 1.54) is 11.1 Å². The van der Waals surface area contributed by atoms with Gasteiger partial charge in [-0.25, -0.2) is 0 Å². The molecule has 0 bridgehead atoms. The van der Waals surface area contributed by atoms with Gasteiger partial charge in [0.15, 0.2) is 0 Å². The van der Waals surface area contributed by atoms with E-state index in [0.29, 0.717) is 6.04 Å². The normalized spacial score (nSPS) is 12.7. The first kappa shape index (κ1) is 10.7. The van der Waals surface area contributed by atoms with Crippen LogP contribution < -0.4 is 0 Å². The van der Waals surface area contributed by atoms with Gasteiger partial charge in [-0.2, -0.15) is 0 Å². The predicted molar refractivity (Wildman–Crippen MR) is 63.7 cm³/mol. The van der Waals surface area contributed by atoms with E-state index in [4.69, 9.17) is 0 Å². The largest absolute Gasteiger partial charge is 0.290 e. The van der Waals surface area contributed by atoms with E-state index in [0.717, 1.165) is 0 Å². The topological polar surface area (TPSA) is 12.4 Å². The van der Waals surface area contributed by atoms with Crippen molar-refractivity contribution in [2.24, 2.45) is 4.99 Å². The Labute approximate surface area is 86.2 Å². The quantitative estimate of drug-likeness (QED) is 0.641. The van der Waals surface area contributed by atoms with Crippen LogP contribution in [0.15, 0.2) is 40.9 Å². The minimum atomic E-state index is 0.370. The van der Waals surface area contributed by atoms with Gasteiger partial charge in [-0.15, -0.1) is 0 Å². The number of hydrogen-bond acceptors (Lipinski definition) is 1. The van der Waals surface area contributed by atoms with Crippen molar-refractivity contribution in [2.45, 2.75) is 26.8 Å². The van der Waals surface area contributed by atoms with Crippen LogP contribution in [0.2, 0.25) is 0 Å². The first-order valence-corrected chi connectivity index (χ1v) is 4.95. The molecule has 0 saturated carbocycles. The van der Waals surface area contributed by atoms with Gasteiger partial charge in [0.05, 0.1) is 0 Å². The predicted octanol–water partition coefficient (Wildman–Crippen LogP) is 3.57. The fraction of sp³-hybridized carbons (Fsp3) is 0.308. The lowest BCUT2D eigenvalue weighted by Crippen LogP contribution is -1.89. The van der Waals surface area contributed by atoms with Crippen LogP contribution in [0.5, 0.6) is 0 Å². The van der Waals surface area contributed by atoms with Crippen molar-refractivity contribution in [1.29, 1.82) is 0 Å². The van der Waals surface area contributed by atoms with Gasteiger partial charge in [-0.05, 0) is 31.9 Å². The maximum Gasteiger partial charge on any atom is 0.0443 e. The molecule has 0 fully saturated rings. The zero-order valence-electron chi connectivity index (χ0n) is 9.07. The van der Waals surface area contributed by atoms with Gasteiger partial charge in [0.1, 0.15) is 0 Å². The van der Waals surface area contributed by atoms with Gasteiger partial charge in [0.25, 0.3) is 0 Å². The highest BCUT2D eigenvalue weighted by Gasteiger charge is 1.88. The molecule has 1 nitrogen and oxygen atoms in total. The van der Waals surface area contributed by atoms with Crippen LogP contribution >= 0.6 is 0 Å².